The van der Waals surface area contributed by atoms with Crippen LogP contribution in [0.25, 0.3) is 0 Å². The van der Waals surface area contributed by atoms with Gasteiger partial charge in [0, 0.05) is 11.5 Å². The highest BCUT2D eigenvalue weighted by Gasteiger charge is 2.21. The van der Waals surface area contributed by atoms with Gasteiger partial charge in [-0.15, -0.1) is 0 Å². The SMILES string of the molecule is CN(CC(=O)Nc1ccc(S(N)(=O)=O)cc1Br)C(=O)OC(C)(C)C. The van der Waals surface area contributed by atoms with Crippen molar-refractivity contribution in [3.05, 3.63) is 22.7 Å². The molecule has 24 heavy (non-hydrogen) atoms. The van der Waals surface area contributed by atoms with Crippen molar-refractivity contribution in [1.29, 1.82) is 0 Å². The third-order valence-corrected chi connectivity index (χ3v) is 4.20. The number of nitrogens with zero attached hydrogens (tertiary/aromatic N) is 1. The van der Waals surface area contributed by atoms with Gasteiger partial charge in [-0.1, -0.05) is 0 Å². The summed E-state index contributed by atoms with van der Waals surface area (Å²) in [5, 5.41) is 7.60. The number of amides is 2. The van der Waals surface area contributed by atoms with Crippen molar-refractivity contribution in [2.45, 2.75) is 31.3 Å². The minimum atomic E-state index is -3.83. The van der Waals surface area contributed by atoms with E-state index in [1.807, 2.05) is 0 Å². The molecular weight excluding hydrogens is 402 g/mol. The van der Waals surface area contributed by atoms with Crippen LogP contribution in [0.3, 0.4) is 0 Å². The number of primary sulfonamides is 1. The number of hydrogen-bond donors (Lipinski definition) is 2. The maximum Gasteiger partial charge on any atom is 0.410 e. The third-order valence-electron chi connectivity index (χ3n) is 2.63. The van der Waals surface area contributed by atoms with Gasteiger partial charge in [0.05, 0.1) is 10.6 Å². The van der Waals surface area contributed by atoms with E-state index in [2.05, 4.69) is 21.2 Å². The van der Waals surface area contributed by atoms with Crippen LogP contribution in [0.5, 0.6) is 0 Å². The highest BCUT2D eigenvalue weighted by Crippen LogP contribution is 2.25. The molecule has 0 aliphatic rings. The highest BCUT2D eigenvalue weighted by atomic mass is 79.9. The van der Waals surface area contributed by atoms with E-state index >= 15 is 0 Å². The molecule has 0 aliphatic heterocycles. The molecule has 2 amide bonds. The Morgan fingerprint density at radius 1 is 1.33 bits per heavy atom. The summed E-state index contributed by atoms with van der Waals surface area (Å²) in [4.78, 5) is 24.9. The molecule has 1 aromatic carbocycles. The van der Waals surface area contributed by atoms with Gasteiger partial charge in [0.25, 0.3) is 0 Å². The molecule has 0 spiro atoms. The second-order valence-corrected chi connectivity index (χ2v) is 8.49. The number of sulfonamides is 1. The van der Waals surface area contributed by atoms with Gasteiger partial charge in [-0.3, -0.25) is 4.79 Å². The number of ether oxygens (including phenoxy) is 1. The fourth-order valence-electron chi connectivity index (χ4n) is 1.58. The molecule has 10 heteroatoms. The van der Waals surface area contributed by atoms with E-state index in [-0.39, 0.29) is 11.4 Å². The average Bonchev–Trinajstić information content (AvgIpc) is 2.37. The minimum absolute atomic E-state index is 0.0850. The molecule has 0 atom stereocenters. The predicted molar refractivity (Wildman–Crippen MR) is 93.0 cm³/mol. The molecule has 8 nitrogen and oxygen atoms in total. The Labute approximate surface area is 149 Å². The van der Waals surface area contributed by atoms with Crippen molar-refractivity contribution in [2.75, 3.05) is 18.9 Å². The Hall–Kier alpha value is -1.65. The standard InChI is InChI=1S/C14H20BrN3O5S/c1-14(2,3)23-13(20)18(4)8-12(19)17-11-6-5-9(7-10(11)15)24(16,21)22/h5-7H,8H2,1-4H3,(H,17,19)(H2,16,21,22). The molecule has 0 aliphatic carbocycles. The number of carbonyl (C=O) groups is 2. The predicted octanol–water partition coefficient (Wildman–Crippen LogP) is 1.90. The van der Waals surface area contributed by atoms with Crippen molar-refractivity contribution in [3.8, 4) is 0 Å². The van der Waals surface area contributed by atoms with Crippen molar-refractivity contribution in [1.82, 2.24) is 4.90 Å². The van der Waals surface area contributed by atoms with Gasteiger partial charge in [-0.05, 0) is 54.9 Å². The molecule has 0 unspecified atom stereocenters. The van der Waals surface area contributed by atoms with E-state index in [0.717, 1.165) is 4.90 Å². The first-order valence-corrected chi connectivity index (χ1v) is 9.20. The van der Waals surface area contributed by atoms with Gasteiger partial charge < -0.3 is 15.0 Å². The fourth-order valence-corrected chi connectivity index (χ4v) is 2.75. The van der Waals surface area contributed by atoms with E-state index in [4.69, 9.17) is 9.88 Å². The Kier molecular flexibility index (Phi) is 6.37. The zero-order chi connectivity index (χ0) is 18.7. The lowest BCUT2D eigenvalue weighted by molar-refractivity contribution is -0.117. The van der Waals surface area contributed by atoms with Crippen LogP contribution in [-0.2, 0) is 19.6 Å². The number of halogens is 1. The summed E-state index contributed by atoms with van der Waals surface area (Å²) in [6.07, 6.45) is -0.624. The van der Waals surface area contributed by atoms with Crippen molar-refractivity contribution in [3.63, 3.8) is 0 Å². The largest absolute Gasteiger partial charge is 0.444 e. The van der Waals surface area contributed by atoms with Gasteiger partial charge in [0.1, 0.15) is 12.1 Å². The normalized spacial score (nSPS) is 11.8. The van der Waals surface area contributed by atoms with Crippen LogP contribution in [0.2, 0.25) is 0 Å². The van der Waals surface area contributed by atoms with Crippen LogP contribution in [0.4, 0.5) is 10.5 Å². The van der Waals surface area contributed by atoms with E-state index in [0.29, 0.717) is 10.2 Å². The van der Waals surface area contributed by atoms with Gasteiger partial charge in [0.2, 0.25) is 15.9 Å². The molecule has 1 rings (SSSR count). The van der Waals surface area contributed by atoms with Gasteiger partial charge >= 0.3 is 6.09 Å². The van der Waals surface area contributed by atoms with Crippen molar-refractivity contribution >= 4 is 43.6 Å². The van der Waals surface area contributed by atoms with Crippen LogP contribution in [0.15, 0.2) is 27.6 Å². The summed E-state index contributed by atoms with van der Waals surface area (Å²) in [6.45, 7) is 4.95. The lowest BCUT2D eigenvalue weighted by atomic mass is 10.2. The molecule has 0 heterocycles. The minimum Gasteiger partial charge on any atom is -0.444 e. The Morgan fingerprint density at radius 2 is 1.92 bits per heavy atom. The molecule has 0 radical (unpaired) electrons. The van der Waals surface area contributed by atoms with Gasteiger partial charge in [0.15, 0.2) is 0 Å². The molecule has 0 saturated heterocycles. The second kappa shape index (κ2) is 7.49. The molecule has 3 N–H and O–H groups in total. The summed E-state index contributed by atoms with van der Waals surface area (Å²) in [6, 6.07) is 3.95. The molecule has 0 bridgehead atoms. The van der Waals surface area contributed by atoms with E-state index in [1.54, 1.807) is 20.8 Å². The van der Waals surface area contributed by atoms with Gasteiger partial charge in [-0.25, -0.2) is 18.4 Å². The first-order chi connectivity index (χ1) is 10.8. The Bertz CT molecular complexity index is 743. The maximum absolute atomic E-state index is 12.0. The molecular formula is C14H20BrN3O5S. The van der Waals surface area contributed by atoms with E-state index < -0.39 is 27.6 Å². The first kappa shape index (κ1) is 20.4. The summed E-state index contributed by atoms with van der Waals surface area (Å²) in [5.41, 5.74) is -0.306. The molecule has 0 saturated carbocycles. The van der Waals surface area contributed by atoms with Crippen LogP contribution in [0.1, 0.15) is 20.8 Å². The Morgan fingerprint density at radius 3 is 2.38 bits per heavy atom. The van der Waals surface area contributed by atoms with E-state index in [9.17, 15) is 18.0 Å². The van der Waals surface area contributed by atoms with Crippen molar-refractivity contribution < 1.29 is 22.7 Å². The number of anilines is 1. The lowest BCUT2D eigenvalue weighted by Crippen LogP contribution is -2.38. The summed E-state index contributed by atoms with van der Waals surface area (Å²) in [7, 11) is -2.39. The zero-order valence-corrected chi connectivity index (χ0v) is 16.2. The quantitative estimate of drug-likeness (QED) is 0.768. The highest BCUT2D eigenvalue weighted by molar-refractivity contribution is 9.10. The summed E-state index contributed by atoms with van der Waals surface area (Å²) >= 11 is 3.16. The third kappa shape index (κ3) is 6.46. The summed E-state index contributed by atoms with van der Waals surface area (Å²) < 4.78 is 28.0. The smallest absolute Gasteiger partial charge is 0.410 e. The molecule has 1 aromatic rings. The Balaban J connectivity index is 2.74. The van der Waals surface area contributed by atoms with Crippen LogP contribution in [-0.4, -0.2) is 44.5 Å². The zero-order valence-electron chi connectivity index (χ0n) is 13.8. The first-order valence-electron chi connectivity index (χ1n) is 6.86. The number of carbonyl (C=O) groups excluding carboxylic acids is 2. The maximum atomic E-state index is 12.0. The van der Waals surface area contributed by atoms with E-state index in [1.165, 1.54) is 25.2 Å². The van der Waals surface area contributed by atoms with Crippen LogP contribution < -0.4 is 10.5 Å². The lowest BCUT2D eigenvalue weighted by Gasteiger charge is -2.24. The number of nitrogens with one attached hydrogen (secondary N) is 1. The number of hydrogen-bond acceptors (Lipinski definition) is 5. The number of likely N-dealkylation sites (N-methyl/N-ethyl adjacent to an activating group) is 1. The van der Waals surface area contributed by atoms with Gasteiger partial charge in [-0.2, -0.15) is 0 Å². The second-order valence-electron chi connectivity index (χ2n) is 6.07. The number of nitrogens with two attached hydrogens (primary N) is 1. The number of benzene rings is 1. The topological polar surface area (TPSA) is 119 Å². The molecule has 0 fully saturated rings. The molecule has 0 aromatic heterocycles. The van der Waals surface area contributed by atoms with Crippen molar-refractivity contribution in [2.24, 2.45) is 5.14 Å². The molecule has 134 valence electrons. The number of rotatable bonds is 4. The average molecular weight is 422 g/mol. The van der Waals surface area contributed by atoms with Crippen LogP contribution >= 0.6 is 15.9 Å². The summed E-state index contributed by atoms with van der Waals surface area (Å²) in [5.74, 6) is -0.465. The monoisotopic (exact) mass is 421 g/mol. The fraction of sp³-hybridized carbons (Fsp3) is 0.429. The van der Waals surface area contributed by atoms with Crippen LogP contribution in [0, 0.1) is 0 Å².